The van der Waals surface area contributed by atoms with Gasteiger partial charge in [0.25, 0.3) is 0 Å². The van der Waals surface area contributed by atoms with Crippen LogP contribution in [0.2, 0.25) is 0 Å². The number of unbranched alkanes of at least 4 members (excludes halogenated alkanes) is 1. The quantitative estimate of drug-likeness (QED) is 0.553. The van der Waals surface area contributed by atoms with Gasteiger partial charge in [-0.2, -0.15) is 5.26 Å². The van der Waals surface area contributed by atoms with E-state index >= 15 is 0 Å². The molecule has 0 N–H and O–H groups in total. The fourth-order valence-corrected chi connectivity index (χ4v) is 2.19. The fourth-order valence-electron chi connectivity index (χ4n) is 1.43. The number of nitriles is 1. The summed E-state index contributed by atoms with van der Waals surface area (Å²) in [6, 6.07) is 5.87. The van der Waals surface area contributed by atoms with E-state index in [1.54, 1.807) is 0 Å². The minimum atomic E-state index is 0.424. The maximum Gasteiger partial charge on any atom is 0.175 e. The molecule has 0 fully saturated rings. The molecule has 0 spiro atoms. The minimum Gasteiger partial charge on any atom is -0.490 e. The fraction of sp³-hybridized carbons (Fsp3) is 0.462. The molecule has 0 radical (unpaired) electrons. The second-order valence-electron chi connectivity index (χ2n) is 3.58. The van der Waals surface area contributed by atoms with Crippen LogP contribution in [-0.4, -0.2) is 13.2 Å². The molecule has 18 heavy (non-hydrogen) atoms. The Morgan fingerprint density at radius 2 is 2.17 bits per heavy atom. The maximum atomic E-state index is 8.47. The van der Waals surface area contributed by atoms with Crippen LogP contribution >= 0.6 is 27.5 Å². The summed E-state index contributed by atoms with van der Waals surface area (Å²) < 4.78 is 12.0. The Bertz CT molecular complexity index is 432. The van der Waals surface area contributed by atoms with Crippen LogP contribution in [-0.2, 0) is 5.88 Å². The summed E-state index contributed by atoms with van der Waals surface area (Å²) in [7, 11) is 0. The van der Waals surface area contributed by atoms with Gasteiger partial charge in [0, 0.05) is 12.3 Å². The van der Waals surface area contributed by atoms with Crippen molar-refractivity contribution in [1.82, 2.24) is 0 Å². The summed E-state index contributed by atoms with van der Waals surface area (Å²) in [6.07, 6.45) is 1.19. The third-order valence-corrected chi connectivity index (χ3v) is 3.10. The van der Waals surface area contributed by atoms with Crippen molar-refractivity contribution in [2.75, 3.05) is 13.2 Å². The molecule has 0 aliphatic heterocycles. The van der Waals surface area contributed by atoms with E-state index in [-0.39, 0.29) is 0 Å². The van der Waals surface area contributed by atoms with Crippen LogP contribution in [0.5, 0.6) is 11.5 Å². The highest BCUT2D eigenvalue weighted by molar-refractivity contribution is 9.10. The monoisotopic (exact) mass is 331 g/mol. The number of benzene rings is 1. The Morgan fingerprint density at radius 1 is 1.39 bits per heavy atom. The smallest absolute Gasteiger partial charge is 0.175 e. The van der Waals surface area contributed by atoms with Gasteiger partial charge in [-0.3, -0.25) is 0 Å². The first kappa shape index (κ1) is 15.1. The van der Waals surface area contributed by atoms with Gasteiger partial charge in [-0.1, -0.05) is 0 Å². The topological polar surface area (TPSA) is 42.2 Å². The van der Waals surface area contributed by atoms with E-state index in [9.17, 15) is 0 Å². The standard InChI is InChI=1S/C13H15BrClNO2/c1-2-17-12-8-10(9-15)7-11(14)13(12)18-6-4-3-5-16/h7-8H,2-4,6,9H2,1H3. The molecular formula is C13H15BrClNO2. The van der Waals surface area contributed by atoms with Gasteiger partial charge in [-0.15, -0.1) is 11.6 Å². The van der Waals surface area contributed by atoms with E-state index < -0.39 is 0 Å². The third-order valence-electron chi connectivity index (χ3n) is 2.20. The average Bonchev–Trinajstić information content (AvgIpc) is 2.37. The molecular weight excluding hydrogens is 318 g/mol. The lowest BCUT2D eigenvalue weighted by atomic mass is 10.2. The molecule has 5 heteroatoms. The molecule has 0 amide bonds. The molecule has 0 saturated carbocycles. The third kappa shape index (κ3) is 4.40. The Labute approximate surface area is 121 Å². The Hall–Kier alpha value is -0.920. The molecule has 0 bridgehead atoms. The van der Waals surface area contributed by atoms with Crippen LogP contribution in [0.4, 0.5) is 0 Å². The molecule has 0 heterocycles. The molecule has 1 aromatic carbocycles. The Kier molecular flexibility index (Phi) is 6.92. The van der Waals surface area contributed by atoms with Crippen molar-refractivity contribution in [1.29, 1.82) is 5.26 Å². The summed E-state index contributed by atoms with van der Waals surface area (Å²) in [4.78, 5) is 0. The van der Waals surface area contributed by atoms with Crippen molar-refractivity contribution >= 4 is 27.5 Å². The Balaban J connectivity index is 2.83. The predicted molar refractivity (Wildman–Crippen MR) is 75.2 cm³/mol. The van der Waals surface area contributed by atoms with Crippen molar-refractivity contribution in [3.05, 3.63) is 22.2 Å². The molecule has 0 aliphatic carbocycles. The van der Waals surface area contributed by atoms with Gasteiger partial charge in [0.15, 0.2) is 11.5 Å². The first-order valence-electron chi connectivity index (χ1n) is 5.73. The molecule has 98 valence electrons. The van der Waals surface area contributed by atoms with Gasteiger partial charge in [0.1, 0.15) is 0 Å². The summed E-state index contributed by atoms with van der Waals surface area (Å²) in [5.41, 5.74) is 0.969. The largest absolute Gasteiger partial charge is 0.490 e. The summed E-state index contributed by atoms with van der Waals surface area (Å²) in [5, 5.41) is 8.47. The van der Waals surface area contributed by atoms with Gasteiger partial charge < -0.3 is 9.47 Å². The number of ether oxygens (including phenoxy) is 2. The number of nitrogens with zero attached hydrogens (tertiary/aromatic N) is 1. The maximum absolute atomic E-state index is 8.47. The molecule has 0 unspecified atom stereocenters. The number of rotatable bonds is 7. The van der Waals surface area contributed by atoms with E-state index in [0.717, 1.165) is 10.0 Å². The van der Waals surface area contributed by atoms with Gasteiger partial charge >= 0.3 is 0 Å². The first-order valence-corrected chi connectivity index (χ1v) is 7.06. The predicted octanol–water partition coefficient (Wildman–Crippen LogP) is 4.27. The lowest BCUT2D eigenvalue weighted by Crippen LogP contribution is -2.02. The second kappa shape index (κ2) is 8.23. The molecule has 0 saturated heterocycles. The zero-order chi connectivity index (χ0) is 13.4. The van der Waals surface area contributed by atoms with E-state index in [2.05, 4.69) is 22.0 Å². The van der Waals surface area contributed by atoms with Gasteiger partial charge in [0.05, 0.1) is 23.8 Å². The van der Waals surface area contributed by atoms with Crippen LogP contribution in [0.1, 0.15) is 25.3 Å². The van der Waals surface area contributed by atoms with Crippen LogP contribution in [0.3, 0.4) is 0 Å². The van der Waals surface area contributed by atoms with Crippen molar-refractivity contribution in [2.24, 2.45) is 0 Å². The van der Waals surface area contributed by atoms with Crippen molar-refractivity contribution in [3.63, 3.8) is 0 Å². The zero-order valence-corrected chi connectivity index (χ0v) is 12.6. The Morgan fingerprint density at radius 3 is 2.78 bits per heavy atom. The summed E-state index contributed by atoms with van der Waals surface area (Å²) >= 11 is 9.27. The molecule has 0 aliphatic rings. The number of hydrogen-bond donors (Lipinski definition) is 0. The van der Waals surface area contributed by atoms with Crippen LogP contribution in [0.15, 0.2) is 16.6 Å². The van der Waals surface area contributed by atoms with Crippen molar-refractivity contribution in [2.45, 2.75) is 25.6 Å². The van der Waals surface area contributed by atoms with Gasteiger partial charge in [0.2, 0.25) is 0 Å². The first-order chi connectivity index (χ1) is 8.72. The summed E-state index contributed by atoms with van der Waals surface area (Å²) in [6.45, 7) is 2.97. The van der Waals surface area contributed by atoms with Gasteiger partial charge in [-0.25, -0.2) is 0 Å². The molecule has 0 atom stereocenters. The normalized spacial score (nSPS) is 9.89. The van der Waals surface area contributed by atoms with Crippen LogP contribution < -0.4 is 9.47 Å². The number of halogens is 2. The number of hydrogen-bond acceptors (Lipinski definition) is 3. The summed E-state index contributed by atoms with van der Waals surface area (Å²) in [5.74, 6) is 1.77. The highest BCUT2D eigenvalue weighted by atomic mass is 79.9. The number of alkyl halides is 1. The lowest BCUT2D eigenvalue weighted by Gasteiger charge is -2.14. The molecule has 1 rings (SSSR count). The van der Waals surface area contributed by atoms with E-state index in [4.69, 9.17) is 26.3 Å². The molecule has 1 aromatic rings. The van der Waals surface area contributed by atoms with E-state index in [0.29, 0.717) is 43.4 Å². The molecule has 3 nitrogen and oxygen atoms in total. The average molecular weight is 333 g/mol. The second-order valence-corrected chi connectivity index (χ2v) is 4.70. The lowest BCUT2D eigenvalue weighted by molar-refractivity contribution is 0.272. The van der Waals surface area contributed by atoms with Crippen LogP contribution in [0.25, 0.3) is 0 Å². The SMILES string of the molecule is CCOc1cc(CCl)cc(Br)c1OCCCC#N. The van der Waals surface area contributed by atoms with Crippen LogP contribution in [0, 0.1) is 11.3 Å². The van der Waals surface area contributed by atoms with Crippen molar-refractivity contribution in [3.8, 4) is 17.6 Å². The zero-order valence-electron chi connectivity index (χ0n) is 10.2. The highest BCUT2D eigenvalue weighted by Gasteiger charge is 2.11. The van der Waals surface area contributed by atoms with Gasteiger partial charge in [-0.05, 0) is 47.0 Å². The van der Waals surface area contributed by atoms with Crippen molar-refractivity contribution < 1.29 is 9.47 Å². The highest BCUT2D eigenvalue weighted by Crippen LogP contribution is 2.37. The minimum absolute atomic E-state index is 0.424. The van der Waals surface area contributed by atoms with E-state index in [1.807, 2.05) is 19.1 Å². The molecule has 0 aromatic heterocycles. The van der Waals surface area contributed by atoms with E-state index in [1.165, 1.54) is 0 Å².